The number of thiocarbonyl (C=S) groups is 1. The van der Waals surface area contributed by atoms with E-state index in [1.807, 2.05) is 0 Å². The zero-order valence-corrected chi connectivity index (χ0v) is 20.0. The van der Waals surface area contributed by atoms with Gasteiger partial charge in [-0.3, -0.25) is 24.7 Å². The van der Waals surface area contributed by atoms with Crippen LogP contribution in [0.2, 0.25) is 0 Å². The normalized spacial score (nSPS) is 15.4. The van der Waals surface area contributed by atoms with Gasteiger partial charge < -0.3 is 5.32 Å². The van der Waals surface area contributed by atoms with Crippen molar-refractivity contribution in [2.24, 2.45) is 0 Å². The SMILES string of the molecule is O=C(CC1C(=O)N(c2ccccc2)C(=S)N1NC(=O)c1cccc(F)c1)Nc1ccc(Br)cc1. The van der Waals surface area contributed by atoms with Crippen molar-refractivity contribution in [1.29, 1.82) is 0 Å². The predicted octanol–water partition coefficient (Wildman–Crippen LogP) is 4.26. The minimum atomic E-state index is -1.10. The van der Waals surface area contributed by atoms with Crippen molar-refractivity contribution in [3.63, 3.8) is 0 Å². The number of rotatable bonds is 6. The van der Waals surface area contributed by atoms with Crippen LogP contribution >= 0.6 is 28.1 Å². The molecule has 3 aromatic carbocycles. The lowest BCUT2D eigenvalue weighted by molar-refractivity contribution is -0.124. The van der Waals surface area contributed by atoms with Gasteiger partial charge in [-0.2, -0.15) is 0 Å². The van der Waals surface area contributed by atoms with E-state index in [0.29, 0.717) is 11.4 Å². The molecule has 1 saturated heterocycles. The van der Waals surface area contributed by atoms with E-state index < -0.39 is 29.6 Å². The lowest BCUT2D eigenvalue weighted by Gasteiger charge is -2.24. The number of hydrazine groups is 1. The van der Waals surface area contributed by atoms with E-state index in [1.165, 1.54) is 28.1 Å². The summed E-state index contributed by atoms with van der Waals surface area (Å²) >= 11 is 8.83. The van der Waals surface area contributed by atoms with Gasteiger partial charge in [-0.15, -0.1) is 0 Å². The molecular weight excluding hydrogens is 523 g/mol. The first-order valence-corrected chi connectivity index (χ1v) is 11.4. The van der Waals surface area contributed by atoms with Gasteiger partial charge >= 0.3 is 0 Å². The maximum atomic E-state index is 13.6. The third-order valence-electron chi connectivity index (χ3n) is 5.04. The van der Waals surface area contributed by atoms with E-state index >= 15 is 0 Å². The van der Waals surface area contributed by atoms with Crippen molar-refractivity contribution in [3.8, 4) is 0 Å². The molecular formula is C24H18BrFN4O3S. The highest BCUT2D eigenvalue weighted by Crippen LogP contribution is 2.26. The molecule has 0 spiro atoms. The standard InChI is InChI=1S/C24H18BrFN4O3S/c25-16-9-11-18(12-10-16)27-21(31)14-20-23(33)29(19-7-2-1-3-8-19)24(34)30(20)28-22(32)15-5-4-6-17(26)13-15/h1-13,20H,14H2,(H,27,31)(H,28,32). The number of hydrogen-bond donors (Lipinski definition) is 2. The molecule has 1 unspecified atom stereocenters. The Morgan fingerprint density at radius 3 is 2.38 bits per heavy atom. The van der Waals surface area contributed by atoms with E-state index in [2.05, 4.69) is 26.7 Å². The molecule has 1 aliphatic heterocycles. The van der Waals surface area contributed by atoms with Gasteiger partial charge in [-0.25, -0.2) is 9.40 Å². The first-order chi connectivity index (χ1) is 16.3. The van der Waals surface area contributed by atoms with E-state index in [-0.39, 0.29) is 17.1 Å². The smallest absolute Gasteiger partial charge is 0.269 e. The third-order valence-corrected chi connectivity index (χ3v) is 5.95. The lowest BCUT2D eigenvalue weighted by Crippen LogP contribution is -2.49. The molecule has 3 amide bonds. The predicted molar refractivity (Wildman–Crippen MR) is 133 cm³/mol. The molecule has 172 valence electrons. The average molecular weight is 541 g/mol. The van der Waals surface area contributed by atoms with Gasteiger partial charge in [0.1, 0.15) is 11.9 Å². The number of carbonyl (C=O) groups excluding carboxylic acids is 3. The Kier molecular flexibility index (Phi) is 6.99. The maximum Gasteiger partial charge on any atom is 0.269 e. The summed E-state index contributed by atoms with van der Waals surface area (Å²) < 4.78 is 14.5. The van der Waals surface area contributed by atoms with Crippen molar-refractivity contribution < 1.29 is 18.8 Å². The van der Waals surface area contributed by atoms with Crippen LogP contribution in [-0.4, -0.2) is 33.9 Å². The minimum absolute atomic E-state index is 0.00222. The monoisotopic (exact) mass is 540 g/mol. The number of anilines is 2. The Labute approximate surface area is 208 Å². The molecule has 0 saturated carbocycles. The van der Waals surface area contributed by atoms with E-state index in [1.54, 1.807) is 54.6 Å². The molecule has 0 aromatic heterocycles. The van der Waals surface area contributed by atoms with E-state index in [0.717, 1.165) is 10.5 Å². The van der Waals surface area contributed by atoms with Gasteiger partial charge in [0.15, 0.2) is 0 Å². The number of hydrogen-bond acceptors (Lipinski definition) is 4. The van der Waals surface area contributed by atoms with Crippen molar-refractivity contribution in [1.82, 2.24) is 10.4 Å². The number of nitrogens with one attached hydrogen (secondary N) is 2. The molecule has 2 N–H and O–H groups in total. The van der Waals surface area contributed by atoms with Crippen LogP contribution in [0.3, 0.4) is 0 Å². The molecule has 1 heterocycles. The number of benzene rings is 3. The fourth-order valence-electron chi connectivity index (χ4n) is 3.44. The van der Waals surface area contributed by atoms with Crippen LogP contribution in [0, 0.1) is 5.82 Å². The molecule has 0 radical (unpaired) electrons. The van der Waals surface area contributed by atoms with Crippen LogP contribution in [0.25, 0.3) is 0 Å². The summed E-state index contributed by atoms with van der Waals surface area (Å²) in [6.07, 6.45) is -0.276. The molecule has 0 aliphatic carbocycles. The Hall–Kier alpha value is -3.63. The Morgan fingerprint density at radius 1 is 1.00 bits per heavy atom. The molecule has 34 heavy (non-hydrogen) atoms. The Morgan fingerprint density at radius 2 is 1.71 bits per heavy atom. The first kappa shape index (κ1) is 23.5. The van der Waals surface area contributed by atoms with Gasteiger partial charge in [0.2, 0.25) is 11.0 Å². The highest BCUT2D eigenvalue weighted by Gasteiger charge is 2.45. The van der Waals surface area contributed by atoms with Gasteiger partial charge in [0.05, 0.1) is 12.1 Å². The Bertz CT molecular complexity index is 1260. The number of nitrogens with zero attached hydrogens (tertiary/aromatic N) is 2. The second-order valence-electron chi connectivity index (χ2n) is 7.39. The van der Waals surface area contributed by atoms with Gasteiger partial charge in [0.25, 0.3) is 11.8 Å². The van der Waals surface area contributed by atoms with Crippen LogP contribution in [0.1, 0.15) is 16.8 Å². The maximum absolute atomic E-state index is 13.6. The molecule has 10 heteroatoms. The highest BCUT2D eigenvalue weighted by molar-refractivity contribution is 9.10. The van der Waals surface area contributed by atoms with Crippen LogP contribution in [0.5, 0.6) is 0 Å². The summed E-state index contributed by atoms with van der Waals surface area (Å²) in [5.41, 5.74) is 3.67. The largest absolute Gasteiger partial charge is 0.326 e. The lowest BCUT2D eigenvalue weighted by atomic mass is 10.1. The molecule has 0 bridgehead atoms. The summed E-state index contributed by atoms with van der Waals surface area (Å²) in [6.45, 7) is 0. The van der Waals surface area contributed by atoms with Crippen molar-refractivity contribution >= 4 is 62.4 Å². The van der Waals surface area contributed by atoms with E-state index in [9.17, 15) is 18.8 Å². The molecule has 4 rings (SSSR count). The van der Waals surface area contributed by atoms with Crippen molar-refractivity contribution in [2.45, 2.75) is 12.5 Å². The summed E-state index contributed by atoms with van der Waals surface area (Å²) in [5, 5.41) is 3.92. The summed E-state index contributed by atoms with van der Waals surface area (Å²) in [7, 11) is 0. The summed E-state index contributed by atoms with van der Waals surface area (Å²) in [4.78, 5) is 40.2. The zero-order valence-electron chi connectivity index (χ0n) is 17.6. The van der Waals surface area contributed by atoms with Crippen LogP contribution in [0.15, 0.2) is 83.3 Å². The molecule has 3 aromatic rings. The van der Waals surface area contributed by atoms with Crippen LogP contribution < -0.4 is 15.6 Å². The minimum Gasteiger partial charge on any atom is -0.326 e. The van der Waals surface area contributed by atoms with Crippen LogP contribution in [-0.2, 0) is 9.59 Å². The third kappa shape index (κ3) is 5.13. The quantitative estimate of drug-likeness (QED) is 0.456. The van der Waals surface area contributed by atoms with Gasteiger partial charge in [0, 0.05) is 15.7 Å². The fraction of sp³-hybridized carbons (Fsp3) is 0.0833. The molecule has 7 nitrogen and oxygen atoms in total. The number of para-hydroxylation sites is 1. The Balaban J connectivity index is 1.59. The first-order valence-electron chi connectivity index (χ1n) is 10.2. The van der Waals surface area contributed by atoms with Crippen molar-refractivity contribution in [3.05, 3.63) is 94.7 Å². The number of amides is 3. The molecule has 1 aliphatic rings. The second-order valence-corrected chi connectivity index (χ2v) is 8.67. The summed E-state index contributed by atoms with van der Waals surface area (Å²) in [6, 6.07) is 19.7. The summed E-state index contributed by atoms with van der Waals surface area (Å²) in [5.74, 6) is -2.16. The highest BCUT2D eigenvalue weighted by atomic mass is 79.9. The number of halogens is 2. The van der Waals surface area contributed by atoms with Crippen molar-refractivity contribution in [2.75, 3.05) is 10.2 Å². The average Bonchev–Trinajstić information content (AvgIpc) is 3.05. The zero-order chi connectivity index (χ0) is 24.2. The molecule has 1 fully saturated rings. The van der Waals surface area contributed by atoms with Gasteiger partial charge in [-0.1, -0.05) is 40.2 Å². The molecule has 1 atom stereocenters. The van der Waals surface area contributed by atoms with Gasteiger partial charge in [-0.05, 0) is 66.8 Å². The number of carbonyl (C=O) groups is 3. The fourth-order valence-corrected chi connectivity index (χ4v) is 4.07. The second kappa shape index (κ2) is 10.1. The van der Waals surface area contributed by atoms with Crippen LogP contribution in [0.4, 0.5) is 15.8 Å². The topological polar surface area (TPSA) is 81.8 Å². The van der Waals surface area contributed by atoms with E-state index in [4.69, 9.17) is 12.2 Å².